The average Bonchev–Trinajstić information content (AvgIpc) is 2.64. The Morgan fingerprint density at radius 3 is 2.37 bits per heavy atom. The van der Waals surface area contributed by atoms with Gasteiger partial charge in [-0.25, -0.2) is 0 Å². The Morgan fingerprint density at radius 2 is 1.74 bits per heavy atom. The fourth-order valence-electron chi connectivity index (χ4n) is 2.34. The van der Waals surface area contributed by atoms with E-state index in [-0.39, 0.29) is 30.7 Å². The molecule has 1 aromatic carbocycles. The van der Waals surface area contributed by atoms with Gasteiger partial charge in [0, 0.05) is 64.5 Å². The third kappa shape index (κ3) is 8.13. The van der Waals surface area contributed by atoms with Gasteiger partial charge in [0.1, 0.15) is 0 Å². The van der Waals surface area contributed by atoms with Crippen LogP contribution >= 0.6 is 24.8 Å². The van der Waals surface area contributed by atoms with Crippen LogP contribution in [0.1, 0.15) is 10.4 Å². The molecule has 0 saturated carbocycles. The largest absolute Gasteiger partial charge is 0.383 e. The molecule has 2 aromatic rings. The van der Waals surface area contributed by atoms with Crippen LogP contribution in [0.4, 0.5) is 5.69 Å². The average molecular weight is 415 g/mol. The van der Waals surface area contributed by atoms with Gasteiger partial charge in [-0.1, -0.05) is 12.1 Å². The summed E-state index contributed by atoms with van der Waals surface area (Å²) < 4.78 is 4.95. The van der Waals surface area contributed by atoms with Gasteiger partial charge < -0.3 is 20.3 Å². The summed E-state index contributed by atoms with van der Waals surface area (Å²) in [6, 6.07) is 10.0. The molecule has 0 aliphatic heterocycles. The Morgan fingerprint density at radius 1 is 1.04 bits per heavy atom. The Kier molecular flexibility index (Phi) is 12.4. The Labute approximate surface area is 173 Å². The summed E-state index contributed by atoms with van der Waals surface area (Å²) in [7, 11) is 5.68. The van der Waals surface area contributed by atoms with Crippen molar-refractivity contribution < 1.29 is 9.53 Å². The number of amides is 1. The SMILES string of the molecule is COCCNCCNC(=O)c1cncc(-c2ccc(N(C)C)cc2)c1.Cl.Cl. The molecule has 0 atom stereocenters. The van der Waals surface area contributed by atoms with Crippen LogP contribution in [0, 0.1) is 0 Å². The lowest BCUT2D eigenvalue weighted by Crippen LogP contribution is -2.33. The van der Waals surface area contributed by atoms with E-state index in [0.29, 0.717) is 25.3 Å². The number of halogens is 2. The molecule has 0 aliphatic carbocycles. The molecule has 2 N–H and O–H groups in total. The van der Waals surface area contributed by atoms with Crippen LogP contribution in [0.3, 0.4) is 0 Å². The molecule has 0 unspecified atom stereocenters. The van der Waals surface area contributed by atoms with Crippen LogP contribution in [-0.4, -0.2) is 58.3 Å². The third-order valence-corrected chi connectivity index (χ3v) is 3.79. The minimum absolute atomic E-state index is 0. The van der Waals surface area contributed by atoms with E-state index in [2.05, 4.69) is 15.6 Å². The molecule has 0 radical (unpaired) electrons. The fraction of sp³-hybridized carbons (Fsp3) is 0.368. The maximum atomic E-state index is 12.3. The fourth-order valence-corrected chi connectivity index (χ4v) is 2.34. The molecule has 1 amide bonds. The van der Waals surface area contributed by atoms with E-state index in [9.17, 15) is 4.79 Å². The molecule has 0 spiro atoms. The number of nitrogens with one attached hydrogen (secondary N) is 2. The third-order valence-electron chi connectivity index (χ3n) is 3.79. The summed E-state index contributed by atoms with van der Waals surface area (Å²) in [6.07, 6.45) is 3.36. The van der Waals surface area contributed by atoms with Crippen molar-refractivity contribution in [2.24, 2.45) is 0 Å². The van der Waals surface area contributed by atoms with Gasteiger partial charge in [0.2, 0.25) is 0 Å². The van der Waals surface area contributed by atoms with E-state index >= 15 is 0 Å². The summed E-state index contributed by atoms with van der Waals surface area (Å²) >= 11 is 0. The molecular formula is C19H28Cl2N4O2. The normalized spacial score (nSPS) is 9.74. The van der Waals surface area contributed by atoms with Crippen molar-refractivity contribution in [2.45, 2.75) is 0 Å². The number of hydrogen-bond donors (Lipinski definition) is 2. The van der Waals surface area contributed by atoms with Crippen LogP contribution in [0.5, 0.6) is 0 Å². The predicted molar refractivity (Wildman–Crippen MR) is 116 cm³/mol. The van der Waals surface area contributed by atoms with Crippen LogP contribution in [0.25, 0.3) is 11.1 Å². The topological polar surface area (TPSA) is 66.5 Å². The van der Waals surface area contributed by atoms with Gasteiger partial charge in [-0.3, -0.25) is 9.78 Å². The molecule has 0 bridgehead atoms. The molecule has 0 saturated heterocycles. The van der Waals surface area contributed by atoms with Crippen molar-refractivity contribution in [3.8, 4) is 11.1 Å². The van der Waals surface area contributed by atoms with E-state index in [1.54, 1.807) is 19.5 Å². The number of ether oxygens (including phenoxy) is 1. The second-order valence-electron chi connectivity index (χ2n) is 5.90. The number of rotatable bonds is 9. The molecule has 27 heavy (non-hydrogen) atoms. The standard InChI is InChI=1S/C19H26N4O2.2ClH/c1-23(2)18-6-4-15(5-7-18)16-12-17(14-21-13-16)19(24)22-9-8-20-10-11-25-3;;/h4-7,12-14,20H,8-11H2,1-3H3,(H,22,24);2*1H. The van der Waals surface area contributed by atoms with E-state index in [0.717, 1.165) is 23.4 Å². The quantitative estimate of drug-likeness (QED) is 0.617. The van der Waals surface area contributed by atoms with Crippen molar-refractivity contribution in [1.29, 1.82) is 0 Å². The zero-order valence-corrected chi connectivity index (χ0v) is 17.5. The first-order valence-corrected chi connectivity index (χ1v) is 8.32. The Balaban J connectivity index is 0.00000338. The van der Waals surface area contributed by atoms with E-state index in [4.69, 9.17) is 4.74 Å². The zero-order chi connectivity index (χ0) is 18.1. The van der Waals surface area contributed by atoms with E-state index < -0.39 is 0 Å². The number of aromatic nitrogens is 1. The second kappa shape index (κ2) is 13.3. The number of methoxy groups -OCH3 is 1. The summed E-state index contributed by atoms with van der Waals surface area (Å²) in [5.74, 6) is -0.118. The molecular weight excluding hydrogens is 387 g/mol. The number of hydrogen-bond acceptors (Lipinski definition) is 5. The monoisotopic (exact) mass is 414 g/mol. The first-order chi connectivity index (χ1) is 12.1. The molecule has 2 rings (SSSR count). The van der Waals surface area contributed by atoms with Crippen molar-refractivity contribution >= 4 is 36.4 Å². The van der Waals surface area contributed by atoms with Crippen molar-refractivity contribution in [1.82, 2.24) is 15.6 Å². The molecule has 1 aromatic heterocycles. The summed E-state index contributed by atoms with van der Waals surface area (Å²) in [5, 5.41) is 6.08. The highest BCUT2D eigenvalue weighted by molar-refractivity contribution is 5.95. The smallest absolute Gasteiger partial charge is 0.252 e. The predicted octanol–water partition coefficient (Wildman–Crippen LogP) is 2.62. The molecule has 0 fully saturated rings. The maximum absolute atomic E-state index is 12.3. The first-order valence-electron chi connectivity index (χ1n) is 8.32. The second-order valence-corrected chi connectivity index (χ2v) is 5.90. The Hall–Kier alpha value is -1.86. The molecule has 8 heteroatoms. The van der Waals surface area contributed by atoms with Crippen molar-refractivity contribution in [3.63, 3.8) is 0 Å². The summed E-state index contributed by atoms with van der Waals surface area (Å²) in [6.45, 7) is 2.69. The van der Waals surface area contributed by atoms with E-state index in [1.807, 2.05) is 49.3 Å². The van der Waals surface area contributed by atoms with Crippen molar-refractivity contribution in [2.75, 3.05) is 52.3 Å². The molecule has 150 valence electrons. The van der Waals surface area contributed by atoms with Gasteiger partial charge in [0.25, 0.3) is 5.91 Å². The molecule has 0 aliphatic rings. The lowest BCUT2D eigenvalue weighted by atomic mass is 10.1. The zero-order valence-electron chi connectivity index (χ0n) is 15.9. The van der Waals surface area contributed by atoms with Crippen LogP contribution in [0.2, 0.25) is 0 Å². The molecule has 1 heterocycles. The maximum Gasteiger partial charge on any atom is 0.252 e. The van der Waals surface area contributed by atoms with Gasteiger partial charge in [0.15, 0.2) is 0 Å². The highest BCUT2D eigenvalue weighted by atomic mass is 35.5. The summed E-state index contributed by atoms with van der Waals surface area (Å²) in [5.41, 5.74) is 3.66. The lowest BCUT2D eigenvalue weighted by molar-refractivity contribution is 0.0953. The first kappa shape index (κ1) is 25.1. The lowest BCUT2D eigenvalue weighted by Gasteiger charge is -2.13. The minimum atomic E-state index is -0.118. The number of pyridine rings is 1. The number of carbonyl (C=O) groups is 1. The van der Waals surface area contributed by atoms with Gasteiger partial charge in [-0.05, 0) is 23.8 Å². The van der Waals surface area contributed by atoms with E-state index in [1.165, 1.54) is 0 Å². The van der Waals surface area contributed by atoms with Crippen LogP contribution in [0.15, 0.2) is 42.7 Å². The minimum Gasteiger partial charge on any atom is -0.383 e. The van der Waals surface area contributed by atoms with Crippen LogP contribution in [-0.2, 0) is 4.74 Å². The number of nitrogens with zero attached hydrogens (tertiary/aromatic N) is 2. The van der Waals surface area contributed by atoms with Gasteiger partial charge >= 0.3 is 0 Å². The van der Waals surface area contributed by atoms with Crippen molar-refractivity contribution in [3.05, 3.63) is 48.3 Å². The highest BCUT2D eigenvalue weighted by Crippen LogP contribution is 2.22. The number of benzene rings is 1. The molecule has 6 nitrogen and oxygen atoms in total. The number of carbonyl (C=O) groups excluding carboxylic acids is 1. The van der Waals surface area contributed by atoms with Crippen LogP contribution < -0.4 is 15.5 Å². The number of anilines is 1. The summed E-state index contributed by atoms with van der Waals surface area (Å²) in [4.78, 5) is 18.5. The highest BCUT2D eigenvalue weighted by Gasteiger charge is 2.08. The Bertz CT molecular complexity index is 682. The van der Waals surface area contributed by atoms with Gasteiger partial charge in [-0.2, -0.15) is 0 Å². The van der Waals surface area contributed by atoms with Gasteiger partial charge in [-0.15, -0.1) is 24.8 Å². The van der Waals surface area contributed by atoms with Gasteiger partial charge in [0.05, 0.1) is 12.2 Å².